The number of hydrogen-bond acceptors (Lipinski definition) is 2. The van der Waals surface area contributed by atoms with Crippen LogP contribution in [-0.4, -0.2) is 31.6 Å². The average Bonchev–Trinajstić information content (AvgIpc) is 2.39. The molecule has 0 heterocycles. The van der Waals surface area contributed by atoms with Gasteiger partial charge in [-0.1, -0.05) is 48.8 Å². The van der Waals surface area contributed by atoms with Gasteiger partial charge in [0, 0.05) is 24.1 Å². The molecule has 1 aromatic rings. The maximum atomic E-state index is 3.48. The van der Waals surface area contributed by atoms with Gasteiger partial charge in [0.1, 0.15) is 0 Å². The molecule has 0 aliphatic rings. The Balaban J connectivity index is 2.52. The van der Waals surface area contributed by atoms with Crippen molar-refractivity contribution >= 4 is 15.9 Å². The minimum atomic E-state index is 0.347. The predicted molar refractivity (Wildman–Crippen MR) is 87.4 cm³/mol. The van der Waals surface area contributed by atoms with Gasteiger partial charge in [-0.2, -0.15) is 0 Å². The first-order valence-electron chi connectivity index (χ1n) is 7.13. The normalized spacial score (nSPS) is 14.6. The monoisotopic (exact) mass is 326 g/mol. The van der Waals surface area contributed by atoms with E-state index < -0.39 is 0 Å². The van der Waals surface area contributed by atoms with Crippen LogP contribution in [0.15, 0.2) is 28.7 Å². The van der Waals surface area contributed by atoms with Crippen molar-refractivity contribution in [3.05, 3.63) is 34.3 Å². The minimum absolute atomic E-state index is 0.347. The Kier molecular flexibility index (Phi) is 7.05. The third-order valence-electron chi connectivity index (χ3n) is 3.67. The van der Waals surface area contributed by atoms with Crippen LogP contribution in [0.5, 0.6) is 0 Å². The summed E-state index contributed by atoms with van der Waals surface area (Å²) in [6.45, 7) is 11.1. The molecule has 0 saturated heterocycles. The largest absolute Gasteiger partial charge is 0.316 e. The van der Waals surface area contributed by atoms with Gasteiger partial charge in [0.05, 0.1) is 0 Å². The van der Waals surface area contributed by atoms with Gasteiger partial charge >= 0.3 is 0 Å². The highest BCUT2D eigenvalue weighted by atomic mass is 79.9. The molecule has 0 fully saturated rings. The zero-order valence-electron chi connectivity index (χ0n) is 12.7. The summed E-state index contributed by atoms with van der Waals surface area (Å²) in [6.07, 6.45) is 1.20. The van der Waals surface area contributed by atoms with Crippen molar-refractivity contribution in [3.63, 3.8) is 0 Å². The average molecular weight is 327 g/mol. The Morgan fingerprint density at radius 1 is 1.21 bits per heavy atom. The smallest absolute Gasteiger partial charge is 0.0230 e. The third-order valence-corrected chi connectivity index (χ3v) is 4.20. The van der Waals surface area contributed by atoms with Crippen LogP contribution in [0.3, 0.4) is 0 Å². The van der Waals surface area contributed by atoms with Crippen molar-refractivity contribution in [2.75, 3.05) is 26.7 Å². The van der Waals surface area contributed by atoms with Crippen molar-refractivity contribution in [1.29, 1.82) is 0 Å². The zero-order valence-corrected chi connectivity index (χ0v) is 14.3. The molecule has 0 amide bonds. The van der Waals surface area contributed by atoms with Gasteiger partial charge in [-0.15, -0.1) is 0 Å². The molecular formula is C16H27BrN2. The van der Waals surface area contributed by atoms with E-state index in [2.05, 4.69) is 78.2 Å². The molecule has 1 atom stereocenters. The molecule has 0 aliphatic carbocycles. The third kappa shape index (κ3) is 6.07. The van der Waals surface area contributed by atoms with Crippen LogP contribution in [0.25, 0.3) is 0 Å². The summed E-state index contributed by atoms with van der Waals surface area (Å²) in [7, 11) is 2.21. The van der Waals surface area contributed by atoms with Crippen molar-refractivity contribution in [2.24, 2.45) is 5.41 Å². The molecule has 1 aromatic carbocycles. The van der Waals surface area contributed by atoms with Crippen molar-refractivity contribution < 1.29 is 0 Å². The molecule has 108 valence electrons. The van der Waals surface area contributed by atoms with Crippen LogP contribution >= 0.6 is 15.9 Å². The van der Waals surface area contributed by atoms with Crippen LogP contribution in [0.1, 0.15) is 32.8 Å². The first kappa shape index (κ1) is 16.7. The standard InChI is InChI=1S/C16H27BrN2/c1-5-16(3,12-18-6-2)13-19(4)11-14-7-9-15(17)10-8-14/h7-10,18H,5-6,11-13H2,1-4H3. The van der Waals surface area contributed by atoms with E-state index in [0.717, 1.165) is 30.7 Å². The van der Waals surface area contributed by atoms with Crippen LogP contribution in [0, 0.1) is 5.41 Å². The van der Waals surface area contributed by atoms with Gasteiger partial charge < -0.3 is 10.2 Å². The summed E-state index contributed by atoms with van der Waals surface area (Å²) in [5.41, 5.74) is 1.72. The maximum Gasteiger partial charge on any atom is 0.0230 e. The van der Waals surface area contributed by atoms with Crippen LogP contribution in [0.2, 0.25) is 0 Å². The molecule has 0 radical (unpaired) electrons. The second-order valence-corrected chi connectivity index (χ2v) is 6.66. The molecule has 19 heavy (non-hydrogen) atoms. The number of hydrogen-bond donors (Lipinski definition) is 1. The van der Waals surface area contributed by atoms with Crippen LogP contribution in [0.4, 0.5) is 0 Å². The Bertz CT molecular complexity index is 364. The second kappa shape index (κ2) is 8.03. The number of halogens is 1. The Hall–Kier alpha value is -0.380. The molecule has 1 rings (SSSR count). The van der Waals surface area contributed by atoms with E-state index in [4.69, 9.17) is 0 Å². The molecule has 0 spiro atoms. The zero-order chi connectivity index (χ0) is 14.3. The summed E-state index contributed by atoms with van der Waals surface area (Å²) in [5.74, 6) is 0. The van der Waals surface area contributed by atoms with E-state index >= 15 is 0 Å². The lowest BCUT2D eigenvalue weighted by Crippen LogP contribution is -2.40. The minimum Gasteiger partial charge on any atom is -0.316 e. The van der Waals surface area contributed by atoms with Crippen molar-refractivity contribution in [1.82, 2.24) is 10.2 Å². The Morgan fingerprint density at radius 3 is 2.37 bits per heavy atom. The van der Waals surface area contributed by atoms with Gasteiger partial charge in [-0.3, -0.25) is 0 Å². The lowest BCUT2D eigenvalue weighted by Gasteiger charge is -2.33. The van der Waals surface area contributed by atoms with Gasteiger partial charge in [-0.05, 0) is 43.1 Å². The number of nitrogens with one attached hydrogen (secondary N) is 1. The lowest BCUT2D eigenvalue weighted by molar-refractivity contribution is 0.176. The summed E-state index contributed by atoms with van der Waals surface area (Å²) in [5, 5.41) is 3.48. The fraction of sp³-hybridized carbons (Fsp3) is 0.625. The SMILES string of the molecule is CCNCC(C)(CC)CN(C)Cc1ccc(Br)cc1. The van der Waals surface area contributed by atoms with Gasteiger partial charge in [0.2, 0.25) is 0 Å². The van der Waals surface area contributed by atoms with E-state index in [-0.39, 0.29) is 0 Å². The summed E-state index contributed by atoms with van der Waals surface area (Å²) < 4.78 is 1.14. The first-order valence-corrected chi connectivity index (χ1v) is 7.92. The first-order chi connectivity index (χ1) is 8.99. The number of rotatable bonds is 8. The Labute approximate surface area is 126 Å². The molecule has 3 heteroatoms. The van der Waals surface area contributed by atoms with Crippen LogP contribution < -0.4 is 5.32 Å². The van der Waals surface area contributed by atoms with E-state index in [9.17, 15) is 0 Å². The van der Waals surface area contributed by atoms with Gasteiger partial charge in [0.25, 0.3) is 0 Å². The maximum absolute atomic E-state index is 3.48. The predicted octanol–water partition coefficient (Wildman–Crippen LogP) is 3.91. The lowest BCUT2D eigenvalue weighted by atomic mass is 9.86. The highest BCUT2D eigenvalue weighted by Crippen LogP contribution is 2.22. The van der Waals surface area contributed by atoms with E-state index in [0.29, 0.717) is 5.41 Å². The van der Waals surface area contributed by atoms with Gasteiger partial charge in [0.15, 0.2) is 0 Å². The van der Waals surface area contributed by atoms with Gasteiger partial charge in [-0.25, -0.2) is 0 Å². The fourth-order valence-electron chi connectivity index (χ4n) is 2.33. The topological polar surface area (TPSA) is 15.3 Å². The van der Waals surface area contributed by atoms with E-state index in [1.165, 1.54) is 12.0 Å². The summed E-state index contributed by atoms with van der Waals surface area (Å²) >= 11 is 3.48. The quantitative estimate of drug-likeness (QED) is 0.779. The van der Waals surface area contributed by atoms with Crippen molar-refractivity contribution in [3.8, 4) is 0 Å². The molecule has 0 saturated carbocycles. The Morgan fingerprint density at radius 2 is 1.84 bits per heavy atom. The van der Waals surface area contributed by atoms with Crippen LogP contribution in [-0.2, 0) is 6.54 Å². The fourth-order valence-corrected chi connectivity index (χ4v) is 2.59. The molecule has 0 aromatic heterocycles. The highest BCUT2D eigenvalue weighted by molar-refractivity contribution is 9.10. The highest BCUT2D eigenvalue weighted by Gasteiger charge is 2.23. The molecule has 0 bridgehead atoms. The molecular weight excluding hydrogens is 300 g/mol. The molecule has 1 unspecified atom stereocenters. The number of benzene rings is 1. The second-order valence-electron chi connectivity index (χ2n) is 5.74. The summed E-state index contributed by atoms with van der Waals surface area (Å²) in [4.78, 5) is 2.42. The molecule has 0 aliphatic heterocycles. The molecule has 2 nitrogen and oxygen atoms in total. The van der Waals surface area contributed by atoms with E-state index in [1.807, 2.05) is 0 Å². The number of nitrogens with zero attached hydrogens (tertiary/aromatic N) is 1. The van der Waals surface area contributed by atoms with E-state index in [1.54, 1.807) is 0 Å². The summed E-state index contributed by atoms with van der Waals surface area (Å²) in [6, 6.07) is 8.60. The molecule has 1 N–H and O–H groups in total. The van der Waals surface area contributed by atoms with Crippen molar-refractivity contribution in [2.45, 2.75) is 33.7 Å².